The quantitative estimate of drug-likeness (QED) is 0.503. The van der Waals surface area contributed by atoms with Crippen LogP contribution in [0.3, 0.4) is 0 Å². The molecule has 102 valence electrons. The highest BCUT2D eigenvalue weighted by Gasteiger charge is 2.27. The van der Waals surface area contributed by atoms with Gasteiger partial charge in [0.2, 0.25) is 0 Å². The second-order valence-electron chi connectivity index (χ2n) is 4.84. The van der Waals surface area contributed by atoms with E-state index >= 15 is 0 Å². The molecular formula is C16H16IN3. The van der Waals surface area contributed by atoms with E-state index in [1.54, 1.807) is 6.20 Å². The van der Waals surface area contributed by atoms with Crippen LogP contribution in [0.15, 0.2) is 59.9 Å². The van der Waals surface area contributed by atoms with Crippen LogP contribution in [0.2, 0.25) is 0 Å². The van der Waals surface area contributed by atoms with Crippen LogP contribution in [-0.4, -0.2) is 14.9 Å². The summed E-state index contributed by atoms with van der Waals surface area (Å²) in [5.74, 6) is 1.10. The van der Waals surface area contributed by atoms with E-state index in [-0.39, 0.29) is 4.05 Å². The molecule has 1 aromatic carbocycles. The number of alkyl halides is 1. The van der Waals surface area contributed by atoms with E-state index in [2.05, 4.69) is 63.2 Å². The third-order valence-electron chi connectivity index (χ3n) is 3.41. The van der Waals surface area contributed by atoms with E-state index < -0.39 is 0 Å². The molecule has 3 nitrogen and oxygen atoms in total. The minimum Gasteiger partial charge on any atom is -0.364 e. The molecule has 2 heterocycles. The second kappa shape index (κ2) is 6.35. The summed E-state index contributed by atoms with van der Waals surface area (Å²) in [5, 5.41) is 3.55. The van der Waals surface area contributed by atoms with Gasteiger partial charge in [-0.15, -0.1) is 0 Å². The fourth-order valence-electron chi connectivity index (χ4n) is 2.36. The summed E-state index contributed by atoms with van der Waals surface area (Å²) < 4.78 is 0.263. The Bertz CT molecular complexity index is 583. The number of nitrogens with one attached hydrogen (secondary N) is 1. The van der Waals surface area contributed by atoms with E-state index in [4.69, 9.17) is 4.99 Å². The SMILES string of the molecule is I[C@@H]1N=C(CCc2cccnc2)N[C@@H]1c1ccccc1. The lowest BCUT2D eigenvalue weighted by atomic mass is 10.1. The fourth-order valence-corrected chi connectivity index (χ4v) is 3.29. The van der Waals surface area contributed by atoms with Crippen molar-refractivity contribution < 1.29 is 0 Å². The van der Waals surface area contributed by atoms with E-state index in [9.17, 15) is 0 Å². The molecule has 20 heavy (non-hydrogen) atoms. The van der Waals surface area contributed by atoms with Crippen LogP contribution in [0, 0.1) is 0 Å². The molecule has 1 aromatic heterocycles. The van der Waals surface area contributed by atoms with Crippen LogP contribution in [0.1, 0.15) is 23.6 Å². The van der Waals surface area contributed by atoms with Gasteiger partial charge in [-0.3, -0.25) is 9.98 Å². The third kappa shape index (κ3) is 3.17. The van der Waals surface area contributed by atoms with Gasteiger partial charge in [0, 0.05) is 18.8 Å². The fraction of sp³-hybridized carbons (Fsp3) is 0.250. The molecule has 0 spiro atoms. The van der Waals surface area contributed by atoms with Gasteiger partial charge in [-0.25, -0.2) is 0 Å². The van der Waals surface area contributed by atoms with Crippen LogP contribution in [0.5, 0.6) is 0 Å². The highest BCUT2D eigenvalue weighted by molar-refractivity contribution is 14.1. The Labute approximate surface area is 132 Å². The molecule has 0 unspecified atom stereocenters. The Morgan fingerprint density at radius 2 is 1.90 bits per heavy atom. The monoisotopic (exact) mass is 377 g/mol. The number of hydrogen-bond acceptors (Lipinski definition) is 3. The van der Waals surface area contributed by atoms with Crippen molar-refractivity contribution in [1.29, 1.82) is 0 Å². The van der Waals surface area contributed by atoms with E-state index in [1.165, 1.54) is 11.1 Å². The Kier molecular flexibility index (Phi) is 4.30. The van der Waals surface area contributed by atoms with Crippen LogP contribution >= 0.6 is 22.6 Å². The van der Waals surface area contributed by atoms with Gasteiger partial charge in [0.05, 0.1) is 11.9 Å². The van der Waals surface area contributed by atoms with Crippen molar-refractivity contribution in [3.63, 3.8) is 0 Å². The molecule has 1 aliphatic heterocycles. The zero-order valence-corrected chi connectivity index (χ0v) is 13.2. The van der Waals surface area contributed by atoms with Crippen LogP contribution in [0.25, 0.3) is 0 Å². The minimum atomic E-state index is 0.263. The maximum atomic E-state index is 4.73. The number of rotatable bonds is 4. The Morgan fingerprint density at radius 1 is 1.05 bits per heavy atom. The highest BCUT2D eigenvalue weighted by Crippen LogP contribution is 2.28. The molecule has 2 atom stereocenters. The van der Waals surface area contributed by atoms with Gasteiger partial charge in [0.25, 0.3) is 0 Å². The molecule has 0 aliphatic carbocycles. The maximum absolute atomic E-state index is 4.73. The number of hydrogen-bond donors (Lipinski definition) is 1. The number of aliphatic imine (C=N–C) groups is 1. The molecule has 2 aromatic rings. The van der Waals surface area contributed by atoms with E-state index in [0.717, 1.165) is 18.7 Å². The van der Waals surface area contributed by atoms with Gasteiger partial charge >= 0.3 is 0 Å². The average molecular weight is 377 g/mol. The highest BCUT2D eigenvalue weighted by atomic mass is 127. The molecule has 0 saturated heterocycles. The van der Waals surface area contributed by atoms with Crippen molar-refractivity contribution in [3.05, 3.63) is 66.0 Å². The van der Waals surface area contributed by atoms with Gasteiger partial charge in [0.1, 0.15) is 4.05 Å². The first-order valence-corrected chi connectivity index (χ1v) is 7.98. The summed E-state index contributed by atoms with van der Waals surface area (Å²) in [7, 11) is 0. The molecule has 0 radical (unpaired) electrons. The van der Waals surface area contributed by atoms with Crippen LogP contribution in [0.4, 0.5) is 0 Å². The van der Waals surface area contributed by atoms with E-state index in [0.29, 0.717) is 6.04 Å². The lowest BCUT2D eigenvalue weighted by Crippen LogP contribution is -2.25. The van der Waals surface area contributed by atoms with Gasteiger partial charge < -0.3 is 5.32 Å². The molecule has 1 aliphatic rings. The summed E-state index contributed by atoms with van der Waals surface area (Å²) in [4.78, 5) is 8.88. The van der Waals surface area contributed by atoms with E-state index in [1.807, 2.05) is 18.3 Å². The predicted molar refractivity (Wildman–Crippen MR) is 90.1 cm³/mol. The summed E-state index contributed by atoms with van der Waals surface area (Å²) in [6.07, 6.45) is 5.64. The molecule has 0 fully saturated rings. The van der Waals surface area contributed by atoms with Gasteiger partial charge in [0.15, 0.2) is 0 Å². The number of pyridine rings is 1. The van der Waals surface area contributed by atoms with Crippen molar-refractivity contribution in [1.82, 2.24) is 10.3 Å². The topological polar surface area (TPSA) is 37.3 Å². The normalized spacial score (nSPS) is 21.4. The molecule has 1 N–H and O–H groups in total. The third-order valence-corrected chi connectivity index (χ3v) is 4.41. The average Bonchev–Trinajstić information content (AvgIpc) is 2.88. The summed E-state index contributed by atoms with van der Waals surface area (Å²) in [6, 6.07) is 14.9. The molecular weight excluding hydrogens is 361 g/mol. The zero-order valence-electron chi connectivity index (χ0n) is 11.0. The zero-order chi connectivity index (χ0) is 13.8. The van der Waals surface area contributed by atoms with Crippen molar-refractivity contribution >= 4 is 28.4 Å². The van der Waals surface area contributed by atoms with Crippen molar-refractivity contribution in [2.75, 3.05) is 0 Å². The first-order chi connectivity index (χ1) is 9.83. The largest absolute Gasteiger partial charge is 0.364 e. The lowest BCUT2D eigenvalue weighted by Gasteiger charge is -2.15. The second-order valence-corrected chi connectivity index (χ2v) is 6.12. The van der Waals surface area contributed by atoms with Gasteiger partial charge in [-0.05, 0) is 23.6 Å². The number of amidine groups is 1. The Hall–Kier alpha value is -1.43. The standard InChI is InChI=1S/C16H16IN3/c17-16-15(13-6-2-1-3-7-13)19-14(20-16)9-8-12-5-4-10-18-11-12/h1-7,10-11,15-16H,8-9H2,(H,19,20)/t15-,16-/m1/s1. The van der Waals surface area contributed by atoms with Gasteiger partial charge in [-0.2, -0.15) is 0 Å². The Morgan fingerprint density at radius 3 is 2.65 bits per heavy atom. The first-order valence-electron chi connectivity index (χ1n) is 6.74. The Balaban J connectivity index is 1.62. The van der Waals surface area contributed by atoms with Crippen molar-refractivity contribution in [2.24, 2.45) is 4.99 Å². The predicted octanol–water partition coefficient (Wildman–Crippen LogP) is 3.52. The van der Waals surface area contributed by atoms with Crippen molar-refractivity contribution in [2.45, 2.75) is 22.9 Å². The number of aromatic nitrogens is 1. The smallest absolute Gasteiger partial charge is 0.127 e. The minimum absolute atomic E-state index is 0.263. The summed E-state index contributed by atoms with van der Waals surface area (Å²) >= 11 is 2.40. The molecule has 4 heteroatoms. The van der Waals surface area contributed by atoms with Crippen LogP contribution < -0.4 is 5.32 Å². The molecule has 0 saturated carbocycles. The lowest BCUT2D eigenvalue weighted by molar-refractivity contribution is 0.687. The number of halogens is 1. The van der Waals surface area contributed by atoms with Crippen LogP contribution in [-0.2, 0) is 6.42 Å². The maximum Gasteiger partial charge on any atom is 0.127 e. The molecule has 3 rings (SSSR count). The number of aryl methyl sites for hydroxylation is 1. The summed E-state index contributed by atoms with van der Waals surface area (Å²) in [5.41, 5.74) is 2.55. The van der Waals surface area contributed by atoms with Gasteiger partial charge in [-0.1, -0.05) is 59.0 Å². The number of benzene rings is 1. The number of nitrogens with zero attached hydrogens (tertiary/aromatic N) is 2. The molecule has 0 amide bonds. The first kappa shape index (κ1) is 13.5. The molecule has 0 bridgehead atoms. The van der Waals surface area contributed by atoms with Crippen molar-refractivity contribution in [3.8, 4) is 0 Å². The summed E-state index contributed by atoms with van der Waals surface area (Å²) in [6.45, 7) is 0.